The van der Waals surface area contributed by atoms with Gasteiger partial charge in [0.15, 0.2) is 0 Å². The third-order valence-corrected chi connectivity index (χ3v) is 3.70. The summed E-state index contributed by atoms with van der Waals surface area (Å²) >= 11 is 0. The van der Waals surface area contributed by atoms with Crippen LogP contribution in [-0.2, 0) is 16.3 Å². The van der Waals surface area contributed by atoms with E-state index in [9.17, 15) is 8.42 Å². The molecule has 104 valence electrons. The second-order valence-corrected chi connectivity index (χ2v) is 7.13. The molecule has 0 saturated carbocycles. The highest BCUT2D eigenvalue weighted by atomic mass is 32.2. The van der Waals surface area contributed by atoms with Gasteiger partial charge in [0.2, 0.25) is 0 Å². The lowest BCUT2D eigenvalue weighted by atomic mass is 10.3. The SMILES string of the molecule is CC(CS(C)(=O)=O)NCCc1nncn1C(C)C. The number of rotatable bonds is 7. The Kier molecular flexibility index (Phi) is 5.28. The molecule has 7 heteroatoms. The molecule has 0 bridgehead atoms. The van der Waals surface area contributed by atoms with E-state index in [1.54, 1.807) is 6.33 Å². The summed E-state index contributed by atoms with van der Waals surface area (Å²) in [5.41, 5.74) is 0. The van der Waals surface area contributed by atoms with Gasteiger partial charge < -0.3 is 9.88 Å². The second kappa shape index (κ2) is 6.29. The van der Waals surface area contributed by atoms with Crippen LogP contribution in [0.3, 0.4) is 0 Å². The first kappa shape index (κ1) is 15.1. The smallest absolute Gasteiger partial charge is 0.148 e. The largest absolute Gasteiger partial charge is 0.315 e. The van der Waals surface area contributed by atoms with Gasteiger partial charge in [0.1, 0.15) is 22.0 Å². The minimum absolute atomic E-state index is 0.0459. The quantitative estimate of drug-likeness (QED) is 0.780. The molecule has 0 amide bonds. The summed E-state index contributed by atoms with van der Waals surface area (Å²) in [6.45, 7) is 6.72. The Morgan fingerprint density at radius 2 is 2.06 bits per heavy atom. The van der Waals surface area contributed by atoms with Crippen molar-refractivity contribution < 1.29 is 8.42 Å². The number of hydrogen-bond acceptors (Lipinski definition) is 5. The Bertz CT molecular complexity index is 467. The van der Waals surface area contributed by atoms with Crippen LogP contribution in [0.15, 0.2) is 6.33 Å². The Labute approximate surface area is 109 Å². The van der Waals surface area contributed by atoms with Gasteiger partial charge in [0.25, 0.3) is 0 Å². The van der Waals surface area contributed by atoms with Crippen molar-refractivity contribution in [3.63, 3.8) is 0 Å². The number of sulfone groups is 1. The summed E-state index contributed by atoms with van der Waals surface area (Å²) in [6, 6.07) is 0.291. The van der Waals surface area contributed by atoms with E-state index >= 15 is 0 Å². The highest BCUT2D eigenvalue weighted by Gasteiger charge is 2.11. The minimum Gasteiger partial charge on any atom is -0.315 e. The third-order valence-electron chi connectivity index (χ3n) is 2.60. The van der Waals surface area contributed by atoms with Crippen LogP contribution in [0.4, 0.5) is 0 Å². The van der Waals surface area contributed by atoms with Gasteiger partial charge in [-0.25, -0.2) is 8.42 Å². The molecule has 0 fully saturated rings. The summed E-state index contributed by atoms with van der Waals surface area (Å²) < 4.78 is 24.2. The number of nitrogens with one attached hydrogen (secondary N) is 1. The van der Waals surface area contributed by atoms with Crippen LogP contribution in [0.2, 0.25) is 0 Å². The summed E-state index contributed by atoms with van der Waals surface area (Å²) in [5.74, 6) is 1.08. The number of nitrogens with zero attached hydrogens (tertiary/aromatic N) is 3. The first-order valence-electron chi connectivity index (χ1n) is 6.09. The molecule has 18 heavy (non-hydrogen) atoms. The van der Waals surface area contributed by atoms with Crippen LogP contribution >= 0.6 is 0 Å². The van der Waals surface area contributed by atoms with E-state index in [1.165, 1.54) is 6.26 Å². The Balaban J connectivity index is 2.40. The lowest BCUT2D eigenvalue weighted by Crippen LogP contribution is -2.34. The minimum atomic E-state index is -2.92. The maximum Gasteiger partial charge on any atom is 0.148 e. The van der Waals surface area contributed by atoms with Gasteiger partial charge in [0.05, 0.1) is 5.75 Å². The maximum absolute atomic E-state index is 11.1. The molecule has 1 rings (SSSR count). The molecule has 1 atom stereocenters. The molecule has 1 heterocycles. The molecule has 0 aliphatic carbocycles. The van der Waals surface area contributed by atoms with E-state index in [0.717, 1.165) is 12.2 Å². The highest BCUT2D eigenvalue weighted by molar-refractivity contribution is 7.90. The van der Waals surface area contributed by atoms with E-state index < -0.39 is 9.84 Å². The van der Waals surface area contributed by atoms with Crippen molar-refractivity contribution in [2.24, 2.45) is 0 Å². The van der Waals surface area contributed by atoms with Crippen LogP contribution in [0.5, 0.6) is 0 Å². The van der Waals surface area contributed by atoms with Crippen LogP contribution < -0.4 is 5.32 Å². The zero-order valence-corrected chi connectivity index (χ0v) is 12.2. The molecule has 0 radical (unpaired) electrons. The topological polar surface area (TPSA) is 76.9 Å². The normalized spacial score (nSPS) is 14.1. The Morgan fingerprint density at radius 1 is 1.39 bits per heavy atom. The van der Waals surface area contributed by atoms with Crippen molar-refractivity contribution in [3.05, 3.63) is 12.2 Å². The van der Waals surface area contributed by atoms with Gasteiger partial charge in [0, 0.05) is 31.3 Å². The van der Waals surface area contributed by atoms with E-state index in [0.29, 0.717) is 12.6 Å². The van der Waals surface area contributed by atoms with Crippen molar-refractivity contribution in [2.75, 3.05) is 18.6 Å². The average Bonchev–Trinajstić information content (AvgIpc) is 2.62. The van der Waals surface area contributed by atoms with Crippen molar-refractivity contribution in [1.29, 1.82) is 0 Å². The van der Waals surface area contributed by atoms with Gasteiger partial charge in [-0.15, -0.1) is 10.2 Å². The molecular formula is C11H22N4O2S. The van der Waals surface area contributed by atoms with Crippen molar-refractivity contribution in [3.8, 4) is 0 Å². The highest BCUT2D eigenvalue weighted by Crippen LogP contribution is 2.06. The first-order valence-corrected chi connectivity index (χ1v) is 8.15. The van der Waals surface area contributed by atoms with E-state index in [-0.39, 0.29) is 11.8 Å². The van der Waals surface area contributed by atoms with Gasteiger partial charge in [-0.05, 0) is 20.8 Å². The lowest BCUT2D eigenvalue weighted by Gasteiger charge is -2.13. The fourth-order valence-corrected chi connectivity index (χ4v) is 2.85. The number of hydrogen-bond donors (Lipinski definition) is 1. The second-order valence-electron chi connectivity index (χ2n) is 4.95. The van der Waals surface area contributed by atoms with Gasteiger partial charge in [-0.1, -0.05) is 0 Å². The molecule has 1 unspecified atom stereocenters. The third kappa shape index (κ3) is 5.14. The molecule has 0 spiro atoms. The molecule has 1 N–H and O–H groups in total. The van der Waals surface area contributed by atoms with E-state index in [1.807, 2.05) is 11.5 Å². The predicted octanol–water partition coefficient (Wildman–Crippen LogP) is 0.424. The fourth-order valence-electron chi connectivity index (χ4n) is 1.82. The molecule has 1 aromatic rings. The van der Waals surface area contributed by atoms with Crippen molar-refractivity contribution in [1.82, 2.24) is 20.1 Å². The summed E-state index contributed by atoms with van der Waals surface area (Å²) in [4.78, 5) is 0. The zero-order valence-electron chi connectivity index (χ0n) is 11.4. The lowest BCUT2D eigenvalue weighted by molar-refractivity contribution is 0.532. The molecule has 0 aliphatic rings. The maximum atomic E-state index is 11.1. The molecule has 1 aromatic heterocycles. The molecule has 0 aromatic carbocycles. The summed E-state index contributed by atoms with van der Waals surface area (Å²) in [7, 11) is -2.92. The van der Waals surface area contributed by atoms with Crippen molar-refractivity contribution >= 4 is 9.84 Å². The van der Waals surface area contributed by atoms with Crippen LogP contribution in [-0.4, -0.2) is 47.8 Å². The molecule has 0 saturated heterocycles. The van der Waals surface area contributed by atoms with Crippen LogP contribution in [0.25, 0.3) is 0 Å². The molecular weight excluding hydrogens is 252 g/mol. The van der Waals surface area contributed by atoms with E-state index in [2.05, 4.69) is 29.4 Å². The van der Waals surface area contributed by atoms with Gasteiger partial charge in [-0.2, -0.15) is 0 Å². The number of aromatic nitrogens is 3. The standard InChI is InChI=1S/C11H22N4O2S/c1-9(2)15-8-13-14-11(15)5-6-12-10(3)7-18(4,16)17/h8-10,12H,5-7H2,1-4H3. The molecule has 0 aliphatic heterocycles. The zero-order chi connectivity index (χ0) is 13.8. The summed E-state index contributed by atoms with van der Waals surface area (Å²) in [5, 5.41) is 11.1. The van der Waals surface area contributed by atoms with Gasteiger partial charge in [-0.3, -0.25) is 0 Å². The van der Waals surface area contributed by atoms with Crippen molar-refractivity contribution in [2.45, 2.75) is 39.3 Å². The first-order chi connectivity index (χ1) is 8.29. The van der Waals surface area contributed by atoms with E-state index in [4.69, 9.17) is 0 Å². The monoisotopic (exact) mass is 274 g/mol. The van der Waals surface area contributed by atoms with Gasteiger partial charge >= 0.3 is 0 Å². The van der Waals surface area contributed by atoms with Crippen LogP contribution in [0, 0.1) is 0 Å². The fraction of sp³-hybridized carbons (Fsp3) is 0.818. The van der Waals surface area contributed by atoms with Crippen LogP contribution in [0.1, 0.15) is 32.6 Å². The molecule has 6 nitrogen and oxygen atoms in total. The average molecular weight is 274 g/mol. The Morgan fingerprint density at radius 3 is 2.61 bits per heavy atom. The predicted molar refractivity (Wildman–Crippen MR) is 71.3 cm³/mol. The Hall–Kier alpha value is -0.950. The summed E-state index contributed by atoms with van der Waals surface area (Å²) in [6.07, 6.45) is 3.72.